The Bertz CT molecular complexity index is 504. The molecule has 0 saturated carbocycles. The van der Waals surface area contributed by atoms with Crippen molar-refractivity contribution in [2.24, 2.45) is 0 Å². The summed E-state index contributed by atoms with van der Waals surface area (Å²) in [6.07, 6.45) is 1.72. The maximum atomic E-state index is 5.71. The number of rotatable bonds is 4. The zero-order chi connectivity index (χ0) is 12.3. The first-order valence-electron chi connectivity index (χ1n) is 5.54. The second-order valence-electron chi connectivity index (χ2n) is 3.76. The van der Waals surface area contributed by atoms with Gasteiger partial charge in [-0.05, 0) is 26.0 Å². The molecule has 0 amide bonds. The topological polar surface area (TPSA) is 81.7 Å². The van der Waals surface area contributed by atoms with E-state index in [0.717, 1.165) is 23.9 Å². The van der Waals surface area contributed by atoms with E-state index in [1.165, 1.54) is 0 Å². The van der Waals surface area contributed by atoms with E-state index in [-0.39, 0.29) is 0 Å². The van der Waals surface area contributed by atoms with Gasteiger partial charge in [0, 0.05) is 6.54 Å². The predicted molar refractivity (Wildman–Crippen MR) is 66.4 cm³/mol. The van der Waals surface area contributed by atoms with Crippen molar-refractivity contribution in [2.75, 3.05) is 11.1 Å². The molecule has 6 heteroatoms. The van der Waals surface area contributed by atoms with Gasteiger partial charge in [-0.15, -0.1) is 10.2 Å². The van der Waals surface area contributed by atoms with E-state index >= 15 is 0 Å². The van der Waals surface area contributed by atoms with Crippen LogP contribution < -0.4 is 11.1 Å². The van der Waals surface area contributed by atoms with E-state index in [0.29, 0.717) is 12.2 Å². The fraction of sp³-hybridized carbons (Fsp3) is 0.364. The fourth-order valence-corrected chi connectivity index (χ4v) is 1.52. The Morgan fingerprint density at radius 3 is 2.94 bits per heavy atom. The molecule has 3 N–H and O–H groups in total. The van der Waals surface area contributed by atoms with Crippen LogP contribution in [0.4, 0.5) is 11.5 Å². The number of nitrogens with zero attached hydrogens (tertiary/aromatic N) is 4. The van der Waals surface area contributed by atoms with Crippen LogP contribution in [0.25, 0.3) is 0 Å². The predicted octanol–water partition coefficient (Wildman–Crippen LogP) is 1.20. The van der Waals surface area contributed by atoms with Crippen molar-refractivity contribution in [2.45, 2.75) is 26.9 Å². The molecule has 0 fully saturated rings. The summed E-state index contributed by atoms with van der Waals surface area (Å²) in [5.74, 6) is 1.69. The molecule has 0 unspecified atom stereocenters. The molecule has 2 aromatic rings. The summed E-state index contributed by atoms with van der Waals surface area (Å²) < 4.78 is 1.98. The summed E-state index contributed by atoms with van der Waals surface area (Å²) in [5.41, 5.74) is 7.24. The number of hydrogen-bond donors (Lipinski definition) is 2. The molecule has 6 nitrogen and oxygen atoms in total. The van der Waals surface area contributed by atoms with Gasteiger partial charge in [-0.1, -0.05) is 0 Å². The Balaban J connectivity index is 2.05. The summed E-state index contributed by atoms with van der Waals surface area (Å²) in [5, 5.41) is 11.1. The van der Waals surface area contributed by atoms with Crippen LogP contribution in [-0.4, -0.2) is 19.7 Å². The van der Waals surface area contributed by atoms with Crippen LogP contribution >= 0.6 is 0 Å². The van der Waals surface area contributed by atoms with Gasteiger partial charge in [0.1, 0.15) is 12.1 Å². The first-order valence-corrected chi connectivity index (χ1v) is 5.54. The molecule has 0 atom stereocenters. The number of nitrogens with two attached hydrogens (primary N) is 1. The van der Waals surface area contributed by atoms with Crippen LogP contribution in [0.5, 0.6) is 0 Å². The largest absolute Gasteiger partial charge is 0.397 e. The highest BCUT2D eigenvalue weighted by molar-refractivity contribution is 5.48. The lowest BCUT2D eigenvalue weighted by Gasteiger charge is -2.07. The summed E-state index contributed by atoms with van der Waals surface area (Å²) in [4.78, 5) is 4.33. The molecule has 0 bridgehead atoms. The lowest BCUT2D eigenvalue weighted by Crippen LogP contribution is -2.09. The Morgan fingerprint density at radius 2 is 2.24 bits per heavy atom. The van der Waals surface area contributed by atoms with Crippen LogP contribution in [-0.2, 0) is 13.1 Å². The summed E-state index contributed by atoms with van der Waals surface area (Å²) in [6, 6.07) is 3.70. The van der Waals surface area contributed by atoms with Crippen molar-refractivity contribution < 1.29 is 0 Å². The molecule has 0 aliphatic heterocycles. The smallest absolute Gasteiger partial charge is 0.152 e. The monoisotopic (exact) mass is 232 g/mol. The summed E-state index contributed by atoms with van der Waals surface area (Å²) in [7, 11) is 0. The summed E-state index contributed by atoms with van der Waals surface area (Å²) in [6.45, 7) is 5.40. The molecule has 0 aliphatic carbocycles. The van der Waals surface area contributed by atoms with E-state index in [9.17, 15) is 0 Å². The molecule has 2 rings (SSSR count). The fourth-order valence-electron chi connectivity index (χ4n) is 1.52. The zero-order valence-electron chi connectivity index (χ0n) is 10.0. The van der Waals surface area contributed by atoms with Crippen molar-refractivity contribution >= 4 is 11.5 Å². The third-order valence-electron chi connectivity index (χ3n) is 2.59. The highest BCUT2D eigenvalue weighted by atomic mass is 15.3. The first kappa shape index (κ1) is 11.4. The van der Waals surface area contributed by atoms with E-state index in [4.69, 9.17) is 5.73 Å². The molecule has 0 aliphatic rings. The Hall–Kier alpha value is -2.11. The van der Waals surface area contributed by atoms with Crippen molar-refractivity contribution in [3.8, 4) is 0 Å². The van der Waals surface area contributed by atoms with Crippen molar-refractivity contribution in [3.05, 3.63) is 30.0 Å². The molecule has 2 aromatic heterocycles. The highest BCUT2D eigenvalue weighted by Crippen LogP contribution is 2.12. The van der Waals surface area contributed by atoms with Gasteiger partial charge < -0.3 is 15.6 Å². The van der Waals surface area contributed by atoms with Gasteiger partial charge in [0.05, 0.1) is 17.9 Å². The normalized spacial score (nSPS) is 10.5. The van der Waals surface area contributed by atoms with Crippen molar-refractivity contribution in [1.82, 2.24) is 19.7 Å². The second kappa shape index (κ2) is 4.82. The van der Waals surface area contributed by atoms with Gasteiger partial charge in [0.15, 0.2) is 5.82 Å². The summed E-state index contributed by atoms with van der Waals surface area (Å²) >= 11 is 0. The molecule has 0 saturated heterocycles. The molecule has 2 heterocycles. The lowest BCUT2D eigenvalue weighted by molar-refractivity contribution is 0.707. The Labute approximate surface area is 99.9 Å². The number of anilines is 2. The average Bonchev–Trinajstić information content (AvgIpc) is 2.78. The number of hydrogen-bond acceptors (Lipinski definition) is 5. The zero-order valence-corrected chi connectivity index (χ0v) is 10.0. The van der Waals surface area contributed by atoms with Gasteiger partial charge in [-0.25, -0.2) is 4.98 Å². The molecule has 17 heavy (non-hydrogen) atoms. The van der Waals surface area contributed by atoms with Gasteiger partial charge in [-0.2, -0.15) is 0 Å². The van der Waals surface area contributed by atoms with Crippen LogP contribution in [0.3, 0.4) is 0 Å². The molecular formula is C11H16N6. The van der Waals surface area contributed by atoms with Crippen LogP contribution in [0.1, 0.15) is 18.4 Å². The Kier molecular flexibility index (Phi) is 3.22. The average molecular weight is 232 g/mol. The lowest BCUT2D eigenvalue weighted by atomic mass is 10.3. The van der Waals surface area contributed by atoms with Gasteiger partial charge in [-0.3, -0.25) is 0 Å². The molecule has 0 spiro atoms. The van der Waals surface area contributed by atoms with E-state index in [2.05, 4.69) is 27.4 Å². The minimum absolute atomic E-state index is 0.601. The number of nitrogens with one attached hydrogen (secondary N) is 1. The number of nitrogen functional groups attached to an aromatic ring is 1. The maximum Gasteiger partial charge on any atom is 0.152 e. The third kappa shape index (κ3) is 2.52. The molecular weight excluding hydrogens is 216 g/mol. The molecule has 90 valence electrons. The number of pyridine rings is 1. The Morgan fingerprint density at radius 1 is 1.41 bits per heavy atom. The SMILES string of the molecule is CCn1cnnc1CNc1ccc(N)c(C)n1. The quantitative estimate of drug-likeness (QED) is 0.827. The second-order valence-corrected chi connectivity index (χ2v) is 3.76. The van der Waals surface area contributed by atoms with Crippen molar-refractivity contribution in [1.29, 1.82) is 0 Å². The molecule has 0 aromatic carbocycles. The molecule has 0 radical (unpaired) electrons. The van der Waals surface area contributed by atoms with Gasteiger partial charge in [0.2, 0.25) is 0 Å². The van der Waals surface area contributed by atoms with Crippen molar-refractivity contribution in [3.63, 3.8) is 0 Å². The minimum Gasteiger partial charge on any atom is -0.397 e. The van der Waals surface area contributed by atoms with E-state index in [1.54, 1.807) is 6.33 Å². The van der Waals surface area contributed by atoms with Crippen LogP contribution in [0.2, 0.25) is 0 Å². The standard InChI is InChI=1S/C11H16N6/c1-3-17-7-14-16-11(17)6-13-10-5-4-9(12)8(2)15-10/h4-5,7H,3,6,12H2,1-2H3,(H,13,15). The number of aromatic nitrogens is 4. The number of aryl methyl sites for hydroxylation is 2. The van der Waals surface area contributed by atoms with Crippen LogP contribution in [0, 0.1) is 6.92 Å². The minimum atomic E-state index is 0.601. The third-order valence-corrected chi connectivity index (χ3v) is 2.59. The van der Waals surface area contributed by atoms with Gasteiger partial charge in [0.25, 0.3) is 0 Å². The van der Waals surface area contributed by atoms with Gasteiger partial charge >= 0.3 is 0 Å². The van der Waals surface area contributed by atoms with Crippen LogP contribution in [0.15, 0.2) is 18.5 Å². The first-order chi connectivity index (χ1) is 8.20. The highest BCUT2D eigenvalue weighted by Gasteiger charge is 2.03. The van der Waals surface area contributed by atoms with E-state index in [1.807, 2.05) is 23.6 Å². The maximum absolute atomic E-state index is 5.71. The van der Waals surface area contributed by atoms with E-state index < -0.39 is 0 Å².